The molecule has 1 saturated heterocycles. The van der Waals surface area contributed by atoms with Crippen molar-refractivity contribution < 1.29 is 13.2 Å². The van der Waals surface area contributed by atoms with E-state index in [1.165, 1.54) is 4.31 Å². The normalized spacial score (nSPS) is 15.9. The second-order valence-electron chi connectivity index (χ2n) is 9.01. The minimum Gasteiger partial charge on any atom is -0.326 e. The number of amides is 1. The second kappa shape index (κ2) is 10.1. The zero-order valence-corrected chi connectivity index (χ0v) is 20.6. The van der Waals surface area contributed by atoms with E-state index in [1.807, 2.05) is 18.7 Å². The number of sulfonamides is 1. The lowest BCUT2D eigenvalue weighted by Crippen LogP contribution is -2.46. The molecule has 0 saturated carbocycles. The molecule has 0 spiro atoms. The van der Waals surface area contributed by atoms with Gasteiger partial charge in [0.05, 0.1) is 10.6 Å². The number of nitrogens with zero attached hydrogens (tertiary/aromatic N) is 4. The van der Waals surface area contributed by atoms with Crippen molar-refractivity contribution in [1.29, 1.82) is 0 Å². The van der Waals surface area contributed by atoms with Crippen molar-refractivity contribution in [2.45, 2.75) is 52.0 Å². The van der Waals surface area contributed by atoms with E-state index in [0.29, 0.717) is 37.5 Å². The topological polar surface area (TPSA) is 87.5 Å². The van der Waals surface area contributed by atoms with Crippen LogP contribution in [0.15, 0.2) is 29.2 Å². The van der Waals surface area contributed by atoms with E-state index < -0.39 is 10.0 Å². The Labute approximate surface area is 191 Å². The highest BCUT2D eigenvalue weighted by Crippen LogP contribution is 2.21. The van der Waals surface area contributed by atoms with E-state index in [9.17, 15) is 13.2 Å². The molecule has 0 radical (unpaired) electrons. The average Bonchev–Trinajstić information content (AvgIpc) is 2.99. The third-order valence-electron chi connectivity index (χ3n) is 5.91. The molecule has 9 heteroatoms. The number of carbonyl (C=O) groups is 1. The van der Waals surface area contributed by atoms with Gasteiger partial charge in [-0.05, 0) is 63.1 Å². The zero-order valence-electron chi connectivity index (χ0n) is 19.8. The number of likely N-dealkylation sites (N-methyl/N-ethyl adjacent to an activating group) is 1. The summed E-state index contributed by atoms with van der Waals surface area (Å²) in [6.07, 6.45) is 0.966. The lowest BCUT2D eigenvalue weighted by molar-refractivity contribution is -0.116. The average molecular weight is 462 g/mol. The molecular formula is C23H35N5O3S. The van der Waals surface area contributed by atoms with Gasteiger partial charge in [-0.2, -0.15) is 9.40 Å². The molecule has 3 rings (SSSR count). The molecular weight excluding hydrogens is 426 g/mol. The largest absolute Gasteiger partial charge is 0.326 e. The molecule has 1 aliphatic rings. The summed E-state index contributed by atoms with van der Waals surface area (Å²) in [7, 11) is -1.52. The summed E-state index contributed by atoms with van der Waals surface area (Å²) in [5.74, 6) is 0.405. The van der Waals surface area contributed by atoms with Crippen molar-refractivity contribution >= 4 is 21.6 Å². The smallest absolute Gasteiger partial charge is 0.243 e. The first-order valence-corrected chi connectivity index (χ1v) is 12.6. The minimum atomic E-state index is -3.51. The molecule has 2 aromatic rings. The predicted molar refractivity (Wildman–Crippen MR) is 126 cm³/mol. The van der Waals surface area contributed by atoms with Crippen molar-refractivity contribution in [1.82, 2.24) is 19.0 Å². The van der Waals surface area contributed by atoms with Gasteiger partial charge in [0.2, 0.25) is 15.9 Å². The number of hydrogen-bond donors (Lipinski definition) is 1. The maximum absolute atomic E-state index is 12.8. The van der Waals surface area contributed by atoms with Crippen LogP contribution in [0.3, 0.4) is 0 Å². The van der Waals surface area contributed by atoms with Crippen molar-refractivity contribution in [3.63, 3.8) is 0 Å². The molecule has 1 aromatic carbocycles. The van der Waals surface area contributed by atoms with E-state index in [-0.39, 0.29) is 10.8 Å². The Balaban J connectivity index is 1.58. The Kier molecular flexibility index (Phi) is 7.74. The number of aromatic nitrogens is 2. The van der Waals surface area contributed by atoms with Crippen LogP contribution in [-0.4, -0.2) is 66.5 Å². The van der Waals surface area contributed by atoms with Gasteiger partial charge in [0, 0.05) is 50.5 Å². The number of benzene rings is 1. The van der Waals surface area contributed by atoms with Crippen molar-refractivity contribution in [3.05, 3.63) is 41.2 Å². The Morgan fingerprint density at radius 3 is 2.31 bits per heavy atom. The van der Waals surface area contributed by atoms with Gasteiger partial charge < -0.3 is 10.2 Å². The number of aryl methyl sites for hydroxylation is 1. The molecule has 1 aromatic heterocycles. The summed E-state index contributed by atoms with van der Waals surface area (Å²) in [6.45, 7) is 11.6. The molecule has 0 unspecified atom stereocenters. The number of carbonyl (C=O) groups excluding carboxylic acids is 1. The zero-order chi connectivity index (χ0) is 23.5. The van der Waals surface area contributed by atoms with Crippen LogP contribution in [0.1, 0.15) is 37.2 Å². The number of hydrogen-bond acceptors (Lipinski definition) is 5. The van der Waals surface area contributed by atoms with Crippen LogP contribution in [0.5, 0.6) is 0 Å². The van der Waals surface area contributed by atoms with Crippen molar-refractivity contribution in [2.24, 2.45) is 5.92 Å². The van der Waals surface area contributed by atoms with Crippen molar-refractivity contribution in [2.75, 3.05) is 38.5 Å². The molecule has 0 atom stereocenters. The number of anilines is 1. The lowest BCUT2D eigenvalue weighted by atomic mass is 10.1. The Morgan fingerprint density at radius 2 is 1.72 bits per heavy atom. The SMILES string of the molecule is Cc1nn(CC(C)C)c(C)c1CCC(=O)Nc1ccc(S(=O)(=O)N2CCN(C)CC2)cc1. The molecule has 176 valence electrons. The third kappa shape index (κ3) is 5.76. The van der Waals surface area contributed by atoms with Gasteiger partial charge in [-0.3, -0.25) is 9.48 Å². The van der Waals surface area contributed by atoms with Crippen LogP contribution in [0, 0.1) is 19.8 Å². The molecule has 1 amide bonds. The summed E-state index contributed by atoms with van der Waals surface area (Å²) in [6, 6.07) is 6.43. The summed E-state index contributed by atoms with van der Waals surface area (Å²) in [5.41, 5.74) is 3.79. The van der Waals surface area contributed by atoms with Gasteiger partial charge in [-0.15, -0.1) is 0 Å². The fourth-order valence-electron chi connectivity index (χ4n) is 3.97. The van der Waals surface area contributed by atoms with E-state index in [1.54, 1.807) is 24.3 Å². The fraction of sp³-hybridized carbons (Fsp3) is 0.565. The first kappa shape index (κ1) is 24.4. The van der Waals surface area contributed by atoms with Gasteiger partial charge in [0.1, 0.15) is 0 Å². The fourth-order valence-corrected chi connectivity index (χ4v) is 5.39. The predicted octanol–water partition coefficient (Wildman–Crippen LogP) is 2.66. The Bertz CT molecular complexity index is 1040. The first-order chi connectivity index (χ1) is 15.1. The lowest BCUT2D eigenvalue weighted by Gasteiger charge is -2.31. The molecule has 32 heavy (non-hydrogen) atoms. The van der Waals surface area contributed by atoms with Crippen molar-refractivity contribution in [3.8, 4) is 0 Å². The number of piperazine rings is 1. The Hall–Kier alpha value is -2.23. The van der Waals surface area contributed by atoms with E-state index in [2.05, 4.69) is 36.1 Å². The summed E-state index contributed by atoms with van der Waals surface area (Å²) >= 11 is 0. The van der Waals surface area contributed by atoms with E-state index >= 15 is 0 Å². The van der Waals surface area contributed by atoms with Crippen LogP contribution < -0.4 is 5.32 Å². The summed E-state index contributed by atoms with van der Waals surface area (Å²) < 4.78 is 29.2. The van der Waals surface area contributed by atoms with Gasteiger partial charge >= 0.3 is 0 Å². The number of rotatable bonds is 8. The maximum atomic E-state index is 12.8. The standard InChI is InChI=1S/C23H35N5O3S/c1-17(2)16-28-19(4)22(18(3)25-28)10-11-23(29)24-20-6-8-21(9-7-20)32(30,31)27-14-12-26(5)13-15-27/h6-9,17H,10-16H2,1-5H3,(H,24,29). The minimum absolute atomic E-state index is 0.102. The third-order valence-corrected chi connectivity index (χ3v) is 7.82. The van der Waals surface area contributed by atoms with Gasteiger partial charge in [0.25, 0.3) is 0 Å². The first-order valence-electron chi connectivity index (χ1n) is 11.2. The highest BCUT2D eigenvalue weighted by molar-refractivity contribution is 7.89. The molecule has 1 aliphatic heterocycles. The van der Waals surface area contributed by atoms with E-state index in [0.717, 1.165) is 36.6 Å². The highest BCUT2D eigenvalue weighted by Gasteiger charge is 2.27. The molecule has 8 nitrogen and oxygen atoms in total. The quantitative estimate of drug-likeness (QED) is 0.653. The van der Waals surface area contributed by atoms with Gasteiger partial charge in [-0.1, -0.05) is 13.8 Å². The van der Waals surface area contributed by atoms with Crippen LogP contribution >= 0.6 is 0 Å². The summed E-state index contributed by atoms with van der Waals surface area (Å²) in [5, 5.41) is 7.48. The van der Waals surface area contributed by atoms with Gasteiger partial charge in [0.15, 0.2) is 0 Å². The van der Waals surface area contributed by atoms with Crippen LogP contribution in [0.4, 0.5) is 5.69 Å². The van der Waals surface area contributed by atoms with Crippen LogP contribution in [0.2, 0.25) is 0 Å². The maximum Gasteiger partial charge on any atom is 0.243 e. The van der Waals surface area contributed by atoms with Crippen LogP contribution in [0.25, 0.3) is 0 Å². The molecule has 1 N–H and O–H groups in total. The number of nitrogens with one attached hydrogen (secondary N) is 1. The van der Waals surface area contributed by atoms with Gasteiger partial charge in [-0.25, -0.2) is 8.42 Å². The molecule has 2 heterocycles. The molecule has 0 bridgehead atoms. The monoisotopic (exact) mass is 461 g/mol. The highest BCUT2D eigenvalue weighted by atomic mass is 32.2. The Morgan fingerprint density at radius 1 is 1.09 bits per heavy atom. The van der Waals surface area contributed by atoms with E-state index in [4.69, 9.17) is 0 Å². The molecule has 0 aliphatic carbocycles. The molecule has 1 fully saturated rings. The van der Waals surface area contributed by atoms with Crippen LogP contribution in [-0.2, 0) is 27.8 Å². The second-order valence-corrected chi connectivity index (χ2v) is 10.9. The summed E-state index contributed by atoms with van der Waals surface area (Å²) in [4.78, 5) is 14.9.